The van der Waals surface area contributed by atoms with Crippen molar-refractivity contribution in [1.29, 1.82) is 0 Å². The van der Waals surface area contributed by atoms with Gasteiger partial charge in [-0.05, 0) is 49.3 Å². The molecule has 0 aliphatic heterocycles. The second kappa shape index (κ2) is 17.5. The van der Waals surface area contributed by atoms with Gasteiger partial charge in [-0.25, -0.2) is 0 Å². The van der Waals surface area contributed by atoms with Crippen LogP contribution < -0.4 is 27.0 Å². The van der Waals surface area contributed by atoms with E-state index in [1.54, 1.807) is 18.2 Å². The fraction of sp³-hybridized carbons (Fsp3) is 0.630. The van der Waals surface area contributed by atoms with E-state index in [9.17, 15) is 4.79 Å². The second-order valence-electron chi connectivity index (χ2n) is 9.79. The standard InChI is InChI=1S/C27H44N8O4/c1-20-6-8-21(9-7-20)19-31-26-33-25(30-11-3-13-36)34-27(35-26)32-23-5-2-4-22(18-23)24(37)29-12-15-39-17-16-38-14-10-28/h2,4-5,18,20-21,36H,3,6-17,19,28H2,1H3,(H,29,37)(H3,30,31,32,33,34,35). The van der Waals surface area contributed by atoms with Crippen molar-refractivity contribution in [2.45, 2.75) is 39.0 Å². The quantitative estimate of drug-likeness (QED) is 0.152. The fourth-order valence-electron chi connectivity index (χ4n) is 4.25. The first-order valence-electron chi connectivity index (χ1n) is 13.9. The van der Waals surface area contributed by atoms with Gasteiger partial charge < -0.3 is 41.6 Å². The molecular weight excluding hydrogens is 500 g/mol. The van der Waals surface area contributed by atoms with Crippen LogP contribution >= 0.6 is 0 Å². The fourth-order valence-corrected chi connectivity index (χ4v) is 4.25. The topological polar surface area (TPSA) is 169 Å². The van der Waals surface area contributed by atoms with Gasteiger partial charge in [0.15, 0.2) is 0 Å². The molecular formula is C27H44N8O4. The van der Waals surface area contributed by atoms with Crippen LogP contribution in [0.4, 0.5) is 23.5 Å². The highest BCUT2D eigenvalue weighted by molar-refractivity contribution is 5.95. The summed E-state index contributed by atoms with van der Waals surface area (Å²) >= 11 is 0. The molecule has 1 amide bonds. The number of carbonyl (C=O) groups excluding carboxylic acids is 1. The van der Waals surface area contributed by atoms with Gasteiger partial charge in [0.25, 0.3) is 5.91 Å². The monoisotopic (exact) mass is 544 g/mol. The molecule has 7 N–H and O–H groups in total. The molecule has 0 bridgehead atoms. The molecule has 0 radical (unpaired) electrons. The Hall–Kier alpha value is -3.06. The minimum atomic E-state index is -0.201. The highest BCUT2D eigenvalue weighted by Crippen LogP contribution is 2.28. The number of nitrogens with two attached hydrogens (primary N) is 1. The zero-order valence-electron chi connectivity index (χ0n) is 23.0. The number of amides is 1. The van der Waals surface area contributed by atoms with Crippen molar-refractivity contribution in [2.24, 2.45) is 17.6 Å². The van der Waals surface area contributed by atoms with Gasteiger partial charge in [0.2, 0.25) is 17.8 Å². The number of benzene rings is 1. The number of rotatable bonds is 18. The van der Waals surface area contributed by atoms with Crippen molar-refractivity contribution in [1.82, 2.24) is 20.3 Å². The van der Waals surface area contributed by atoms with Crippen molar-refractivity contribution in [3.8, 4) is 0 Å². The number of aromatic nitrogens is 3. The highest BCUT2D eigenvalue weighted by atomic mass is 16.5. The van der Waals surface area contributed by atoms with Crippen molar-refractivity contribution in [3.05, 3.63) is 29.8 Å². The van der Waals surface area contributed by atoms with Crippen molar-refractivity contribution in [2.75, 3.05) is 75.2 Å². The summed E-state index contributed by atoms with van der Waals surface area (Å²) in [6.07, 6.45) is 5.50. The third kappa shape index (κ3) is 11.7. The van der Waals surface area contributed by atoms with E-state index in [4.69, 9.17) is 20.3 Å². The summed E-state index contributed by atoms with van der Waals surface area (Å²) in [6.45, 7) is 6.45. The zero-order chi connectivity index (χ0) is 27.7. The molecule has 0 atom stereocenters. The summed E-state index contributed by atoms with van der Waals surface area (Å²) in [5.41, 5.74) is 6.55. The maximum absolute atomic E-state index is 12.6. The summed E-state index contributed by atoms with van der Waals surface area (Å²) in [5.74, 6) is 2.47. The molecule has 1 aromatic heterocycles. The van der Waals surface area contributed by atoms with Crippen molar-refractivity contribution in [3.63, 3.8) is 0 Å². The Morgan fingerprint density at radius 3 is 2.44 bits per heavy atom. The molecule has 2 aromatic rings. The normalized spacial score (nSPS) is 17.0. The first kappa shape index (κ1) is 30.5. The second-order valence-corrected chi connectivity index (χ2v) is 9.79. The van der Waals surface area contributed by atoms with Crippen LogP contribution in [0.3, 0.4) is 0 Å². The predicted molar refractivity (Wildman–Crippen MR) is 152 cm³/mol. The Balaban J connectivity index is 1.56. The van der Waals surface area contributed by atoms with Crippen LogP contribution in [0, 0.1) is 11.8 Å². The summed E-state index contributed by atoms with van der Waals surface area (Å²) < 4.78 is 10.7. The number of ether oxygens (including phenoxy) is 2. The zero-order valence-corrected chi connectivity index (χ0v) is 23.0. The molecule has 12 heteroatoms. The van der Waals surface area contributed by atoms with E-state index in [-0.39, 0.29) is 12.5 Å². The van der Waals surface area contributed by atoms with E-state index >= 15 is 0 Å². The van der Waals surface area contributed by atoms with E-state index in [1.807, 2.05) is 6.07 Å². The molecule has 1 heterocycles. The van der Waals surface area contributed by atoms with E-state index in [1.165, 1.54) is 25.7 Å². The summed E-state index contributed by atoms with van der Waals surface area (Å²) in [4.78, 5) is 26.2. The van der Waals surface area contributed by atoms with E-state index in [0.717, 1.165) is 12.5 Å². The molecule has 216 valence electrons. The predicted octanol–water partition coefficient (Wildman–Crippen LogP) is 2.37. The molecule has 1 saturated carbocycles. The first-order valence-corrected chi connectivity index (χ1v) is 13.9. The molecule has 3 rings (SSSR count). The molecule has 0 spiro atoms. The highest BCUT2D eigenvalue weighted by Gasteiger charge is 2.18. The summed E-state index contributed by atoms with van der Waals surface area (Å²) in [7, 11) is 0. The lowest BCUT2D eigenvalue weighted by molar-refractivity contribution is 0.0511. The van der Waals surface area contributed by atoms with Gasteiger partial charge in [0, 0.05) is 44.0 Å². The SMILES string of the molecule is CC1CCC(CNc2nc(NCCCO)nc(Nc3cccc(C(=O)NCCOCCOCCN)c3)n2)CC1. The number of nitrogens with one attached hydrogen (secondary N) is 4. The average Bonchev–Trinajstić information content (AvgIpc) is 2.94. The van der Waals surface area contributed by atoms with Crippen LogP contribution in [-0.2, 0) is 9.47 Å². The van der Waals surface area contributed by atoms with E-state index in [0.29, 0.717) is 87.5 Å². The maximum atomic E-state index is 12.6. The summed E-state index contributed by atoms with van der Waals surface area (Å²) in [5, 5.41) is 21.7. The molecule has 39 heavy (non-hydrogen) atoms. The van der Waals surface area contributed by atoms with Gasteiger partial charge in [-0.1, -0.05) is 25.8 Å². The Labute approximate surface area is 230 Å². The Morgan fingerprint density at radius 1 is 0.974 bits per heavy atom. The van der Waals surface area contributed by atoms with Gasteiger partial charge in [-0.3, -0.25) is 4.79 Å². The lowest BCUT2D eigenvalue weighted by atomic mass is 9.83. The number of anilines is 4. The van der Waals surface area contributed by atoms with Gasteiger partial charge in [0.1, 0.15) is 0 Å². The number of hydrogen-bond donors (Lipinski definition) is 6. The molecule has 1 fully saturated rings. The van der Waals surface area contributed by atoms with Crippen LogP contribution in [0.5, 0.6) is 0 Å². The van der Waals surface area contributed by atoms with Gasteiger partial charge in [-0.2, -0.15) is 15.0 Å². The van der Waals surface area contributed by atoms with Crippen molar-refractivity contribution < 1.29 is 19.4 Å². The van der Waals surface area contributed by atoms with Gasteiger partial charge in [-0.15, -0.1) is 0 Å². The van der Waals surface area contributed by atoms with Crippen LogP contribution in [0.2, 0.25) is 0 Å². The third-order valence-electron chi connectivity index (χ3n) is 6.48. The Bertz CT molecular complexity index is 988. The van der Waals surface area contributed by atoms with E-state index in [2.05, 4.69) is 43.1 Å². The number of nitrogens with zero attached hydrogens (tertiary/aromatic N) is 3. The molecule has 0 saturated heterocycles. The first-order chi connectivity index (χ1) is 19.1. The number of hydrogen-bond acceptors (Lipinski definition) is 11. The molecule has 12 nitrogen and oxygen atoms in total. The summed E-state index contributed by atoms with van der Waals surface area (Å²) in [6, 6.07) is 7.14. The minimum absolute atomic E-state index is 0.0819. The van der Waals surface area contributed by atoms with E-state index < -0.39 is 0 Å². The van der Waals surface area contributed by atoms with Gasteiger partial charge >= 0.3 is 0 Å². The Morgan fingerprint density at radius 2 is 1.69 bits per heavy atom. The molecule has 1 aliphatic carbocycles. The maximum Gasteiger partial charge on any atom is 0.251 e. The molecule has 1 aromatic carbocycles. The minimum Gasteiger partial charge on any atom is -0.396 e. The largest absolute Gasteiger partial charge is 0.396 e. The number of aliphatic hydroxyl groups excluding tert-OH is 1. The lowest BCUT2D eigenvalue weighted by Crippen LogP contribution is -2.27. The Kier molecular flexibility index (Phi) is 13.7. The lowest BCUT2D eigenvalue weighted by Gasteiger charge is -2.26. The smallest absolute Gasteiger partial charge is 0.251 e. The number of carbonyl (C=O) groups is 1. The van der Waals surface area contributed by atoms with Crippen LogP contribution in [-0.4, -0.2) is 85.2 Å². The average molecular weight is 545 g/mol. The molecule has 1 aliphatic rings. The van der Waals surface area contributed by atoms with Crippen molar-refractivity contribution >= 4 is 29.4 Å². The third-order valence-corrected chi connectivity index (χ3v) is 6.48. The number of aliphatic hydroxyl groups is 1. The molecule has 0 unspecified atom stereocenters. The van der Waals surface area contributed by atoms with Crippen LogP contribution in [0.15, 0.2) is 24.3 Å². The van der Waals surface area contributed by atoms with Crippen LogP contribution in [0.25, 0.3) is 0 Å². The van der Waals surface area contributed by atoms with Crippen LogP contribution in [0.1, 0.15) is 49.4 Å². The van der Waals surface area contributed by atoms with Gasteiger partial charge in [0.05, 0.1) is 26.4 Å².